The lowest BCUT2D eigenvalue weighted by Crippen LogP contribution is -2.30. The van der Waals surface area contributed by atoms with Gasteiger partial charge in [0.05, 0.1) is 11.0 Å². The van der Waals surface area contributed by atoms with E-state index in [0.29, 0.717) is 15.8 Å². The summed E-state index contributed by atoms with van der Waals surface area (Å²) in [7, 11) is 0. The average molecular weight is 445 g/mol. The molecule has 144 valence electrons. The number of halogens is 1. The zero-order valence-electron chi connectivity index (χ0n) is 14.9. The molecule has 0 saturated carbocycles. The summed E-state index contributed by atoms with van der Waals surface area (Å²) in [5.74, 6) is -1.12. The number of benzene rings is 2. The van der Waals surface area contributed by atoms with E-state index in [1.807, 2.05) is 31.2 Å². The molecule has 0 bridgehead atoms. The molecule has 1 heterocycles. The summed E-state index contributed by atoms with van der Waals surface area (Å²) in [5.41, 5.74) is 2.74. The number of amides is 3. The molecule has 28 heavy (non-hydrogen) atoms. The third-order valence-corrected chi connectivity index (χ3v) is 4.62. The van der Waals surface area contributed by atoms with Gasteiger partial charge in [0.25, 0.3) is 5.91 Å². The van der Waals surface area contributed by atoms with Crippen LogP contribution in [0.2, 0.25) is 0 Å². The molecule has 1 aliphatic heterocycles. The van der Waals surface area contributed by atoms with Gasteiger partial charge < -0.3 is 15.2 Å². The predicted octanol–water partition coefficient (Wildman–Crippen LogP) is 3.31. The smallest absolute Gasteiger partial charge is 0.341 e. The van der Waals surface area contributed by atoms with Crippen LogP contribution < -0.4 is 10.1 Å². The Kier molecular flexibility index (Phi) is 5.79. The lowest BCUT2D eigenvalue weighted by Gasteiger charge is -2.12. The third kappa shape index (κ3) is 4.58. The van der Waals surface area contributed by atoms with Gasteiger partial charge in [-0.3, -0.25) is 9.69 Å². The molecule has 7 nitrogen and oxygen atoms in total. The van der Waals surface area contributed by atoms with Gasteiger partial charge in [-0.05, 0) is 52.2 Å². The maximum absolute atomic E-state index is 12.6. The van der Waals surface area contributed by atoms with Crippen molar-refractivity contribution in [2.45, 2.75) is 13.5 Å². The van der Waals surface area contributed by atoms with Crippen LogP contribution in [0.3, 0.4) is 0 Å². The molecule has 3 rings (SSSR count). The van der Waals surface area contributed by atoms with Crippen LogP contribution in [0.1, 0.15) is 16.7 Å². The number of aryl methyl sites for hydroxylation is 1. The molecule has 0 unspecified atom stereocenters. The Hall–Kier alpha value is -3.13. The summed E-state index contributed by atoms with van der Waals surface area (Å²) in [6, 6.07) is 12.1. The van der Waals surface area contributed by atoms with Crippen LogP contribution >= 0.6 is 15.9 Å². The summed E-state index contributed by atoms with van der Waals surface area (Å²) in [5, 5.41) is 11.3. The highest BCUT2D eigenvalue weighted by atomic mass is 79.9. The average Bonchev–Trinajstić information content (AvgIpc) is 2.88. The highest BCUT2D eigenvalue weighted by molar-refractivity contribution is 9.10. The first-order chi connectivity index (χ1) is 13.3. The molecule has 2 N–H and O–H groups in total. The fourth-order valence-electron chi connectivity index (χ4n) is 2.74. The largest absolute Gasteiger partial charge is 0.481 e. The van der Waals surface area contributed by atoms with Crippen molar-refractivity contribution in [2.24, 2.45) is 0 Å². The second-order valence-corrected chi connectivity index (χ2v) is 7.10. The molecule has 0 atom stereocenters. The molecule has 1 saturated heterocycles. The van der Waals surface area contributed by atoms with Gasteiger partial charge in [0.1, 0.15) is 11.4 Å². The van der Waals surface area contributed by atoms with Gasteiger partial charge in [0.2, 0.25) is 0 Å². The van der Waals surface area contributed by atoms with Gasteiger partial charge in [-0.2, -0.15) is 0 Å². The topological polar surface area (TPSA) is 95.9 Å². The third-order valence-electron chi connectivity index (χ3n) is 4.00. The quantitative estimate of drug-likeness (QED) is 0.526. The van der Waals surface area contributed by atoms with Gasteiger partial charge in [-0.25, -0.2) is 9.59 Å². The molecule has 0 radical (unpaired) electrons. The van der Waals surface area contributed by atoms with Gasteiger partial charge in [0, 0.05) is 0 Å². The Morgan fingerprint density at radius 3 is 2.71 bits per heavy atom. The van der Waals surface area contributed by atoms with Crippen molar-refractivity contribution in [1.82, 2.24) is 10.2 Å². The van der Waals surface area contributed by atoms with Crippen LogP contribution in [-0.4, -0.2) is 34.5 Å². The molecular formula is C20H17BrN2O5. The monoisotopic (exact) mass is 444 g/mol. The number of hydrogen-bond acceptors (Lipinski definition) is 4. The van der Waals surface area contributed by atoms with E-state index < -0.39 is 24.5 Å². The van der Waals surface area contributed by atoms with Crippen molar-refractivity contribution >= 4 is 39.9 Å². The van der Waals surface area contributed by atoms with Crippen molar-refractivity contribution in [2.75, 3.05) is 6.61 Å². The number of imide groups is 1. The summed E-state index contributed by atoms with van der Waals surface area (Å²) in [6.07, 6.45) is 1.56. The number of aliphatic carboxylic acids is 1. The molecule has 2 aromatic carbocycles. The minimum Gasteiger partial charge on any atom is -0.481 e. The molecule has 1 fully saturated rings. The molecular weight excluding hydrogens is 428 g/mol. The molecule has 0 spiro atoms. The highest BCUT2D eigenvalue weighted by Crippen LogP contribution is 2.27. The van der Waals surface area contributed by atoms with Crippen LogP contribution in [0.25, 0.3) is 6.08 Å². The number of nitrogens with one attached hydrogen (secondary N) is 1. The van der Waals surface area contributed by atoms with Crippen molar-refractivity contribution in [1.29, 1.82) is 0 Å². The van der Waals surface area contributed by atoms with E-state index in [1.165, 1.54) is 0 Å². The number of nitrogens with zero attached hydrogens (tertiary/aromatic N) is 1. The SMILES string of the molecule is Cc1cccc(CN2C(=O)N/C(=C/c3ccc(OCC(=O)O)c(Br)c3)C2=O)c1. The zero-order chi connectivity index (χ0) is 20.3. The molecule has 1 aliphatic rings. The Morgan fingerprint density at radius 2 is 2.04 bits per heavy atom. The van der Waals surface area contributed by atoms with E-state index in [-0.39, 0.29) is 12.2 Å². The van der Waals surface area contributed by atoms with Crippen LogP contribution in [0.15, 0.2) is 52.6 Å². The van der Waals surface area contributed by atoms with E-state index in [0.717, 1.165) is 16.0 Å². The Balaban J connectivity index is 1.76. The Morgan fingerprint density at radius 1 is 1.25 bits per heavy atom. The predicted molar refractivity (Wildman–Crippen MR) is 106 cm³/mol. The summed E-state index contributed by atoms with van der Waals surface area (Å²) >= 11 is 3.31. The van der Waals surface area contributed by atoms with Crippen molar-refractivity contribution in [3.63, 3.8) is 0 Å². The minimum atomic E-state index is -1.08. The Bertz CT molecular complexity index is 986. The number of carbonyl (C=O) groups is 3. The van der Waals surface area contributed by atoms with E-state index in [4.69, 9.17) is 9.84 Å². The fraction of sp³-hybridized carbons (Fsp3) is 0.150. The van der Waals surface area contributed by atoms with Gasteiger partial charge in [-0.15, -0.1) is 0 Å². The number of hydrogen-bond donors (Lipinski definition) is 2. The zero-order valence-corrected chi connectivity index (χ0v) is 16.5. The van der Waals surface area contributed by atoms with Crippen molar-refractivity contribution in [3.8, 4) is 5.75 Å². The second kappa shape index (κ2) is 8.26. The molecule has 0 aromatic heterocycles. The normalized spacial score (nSPS) is 15.1. The molecule has 8 heteroatoms. The number of rotatable bonds is 6. The summed E-state index contributed by atoms with van der Waals surface area (Å²) in [6.45, 7) is 1.68. The number of carboxylic acid groups (broad SMARTS) is 1. The lowest BCUT2D eigenvalue weighted by molar-refractivity contribution is -0.139. The highest BCUT2D eigenvalue weighted by Gasteiger charge is 2.33. The van der Waals surface area contributed by atoms with Crippen molar-refractivity contribution in [3.05, 3.63) is 69.3 Å². The number of ether oxygens (including phenoxy) is 1. The summed E-state index contributed by atoms with van der Waals surface area (Å²) < 4.78 is 5.68. The minimum absolute atomic E-state index is 0.170. The van der Waals surface area contributed by atoms with E-state index >= 15 is 0 Å². The fourth-order valence-corrected chi connectivity index (χ4v) is 3.25. The van der Waals surface area contributed by atoms with E-state index in [9.17, 15) is 14.4 Å². The van der Waals surface area contributed by atoms with Gasteiger partial charge in [0.15, 0.2) is 6.61 Å². The lowest BCUT2D eigenvalue weighted by atomic mass is 10.1. The van der Waals surface area contributed by atoms with Gasteiger partial charge in [-0.1, -0.05) is 35.9 Å². The first-order valence-electron chi connectivity index (χ1n) is 8.38. The van der Waals surface area contributed by atoms with Crippen LogP contribution in [0.4, 0.5) is 4.79 Å². The maximum Gasteiger partial charge on any atom is 0.341 e. The maximum atomic E-state index is 12.6. The van der Waals surface area contributed by atoms with E-state index in [2.05, 4.69) is 21.2 Å². The number of carboxylic acids is 1. The summed E-state index contributed by atoms with van der Waals surface area (Å²) in [4.78, 5) is 36.6. The first kappa shape index (κ1) is 19.6. The van der Waals surface area contributed by atoms with Crippen LogP contribution in [-0.2, 0) is 16.1 Å². The second-order valence-electron chi connectivity index (χ2n) is 6.24. The standard InChI is InChI=1S/C20H17BrN2O5/c1-12-3-2-4-14(7-12)10-23-19(26)16(22-20(23)27)9-13-5-6-17(15(21)8-13)28-11-18(24)25/h2-9H,10-11H2,1H3,(H,22,27)(H,24,25)/b16-9+. The number of carbonyl (C=O) groups excluding carboxylic acids is 2. The molecule has 2 aromatic rings. The first-order valence-corrected chi connectivity index (χ1v) is 9.17. The molecule has 3 amide bonds. The Labute approximate surface area is 169 Å². The van der Waals surface area contributed by atoms with Crippen LogP contribution in [0, 0.1) is 6.92 Å². The van der Waals surface area contributed by atoms with E-state index in [1.54, 1.807) is 24.3 Å². The van der Waals surface area contributed by atoms with Crippen molar-refractivity contribution < 1.29 is 24.2 Å². The molecule has 0 aliphatic carbocycles. The van der Waals surface area contributed by atoms with Crippen LogP contribution in [0.5, 0.6) is 5.75 Å². The van der Waals surface area contributed by atoms with Gasteiger partial charge >= 0.3 is 12.0 Å². The number of urea groups is 1.